The molecular weight excluding hydrogens is 262 g/mol. The van der Waals surface area contributed by atoms with Gasteiger partial charge < -0.3 is 15.5 Å². The van der Waals surface area contributed by atoms with E-state index >= 15 is 0 Å². The van der Waals surface area contributed by atoms with Gasteiger partial charge >= 0.3 is 0 Å². The number of amides is 1. The van der Waals surface area contributed by atoms with E-state index in [1.165, 1.54) is 11.1 Å². The number of nitrogens with one attached hydrogen (secondary N) is 2. The van der Waals surface area contributed by atoms with Crippen molar-refractivity contribution in [2.24, 2.45) is 0 Å². The van der Waals surface area contributed by atoms with Crippen molar-refractivity contribution in [1.29, 1.82) is 0 Å². The summed E-state index contributed by atoms with van der Waals surface area (Å²) in [5.74, 6) is 0.164. The Morgan fingerprint density at radius 2 is 2.14 bits per heavy atom. The Bertz CT molecular complexity index is 441. The fraction of sp³-hybridized carbons (Fsp3) is 0.588. The molecular formula is C17H27N3O. The van der Waals surface area contributed by atoms with Crippen molar-refractivity contribution in [3.63, 3.8) is 0 Å². The molecule has 1 aliphatic heterocycles. The Kier molecular flexibility index (Phi) is 6.70. The van der Waals surface area contributed by atoms with Gasteiger partial charge in [-0.1, -0.05) is 29.8 Å². The van der Waals surface area contributed by atoms with Gasteiger partial charge in [0.2, 0.25) is 5.91 Å². The predicted molar refractivity (Wildman–Crippen MR) is 86.4 cm³/mol. The summed E-state index contributed by atoms with van der Waals surface area (Å²) < 4.78 is 0. The molecule has 4 nitrogen and oxygen atoms in total. The summed E-state index contributed by atoms with van der Waals surface area (Å²) in [4.78, 5) is 14.3. The van der Waals surface area contributed by atoms with Crippen LogP contribution < -0.4 is 10.6 Å². The van der Waals surface area contributed by atoms with Crippen LogP contribution in [0.15, 0.2) is 24.3 Å². The van der Waals surface area contributed by atoms with Gasteiger partial charge in [-0.2, -0.15) is 0 Å². The molecule has 1 aromatic rings. The summed E-state index contributed by atoms with van der Waals surface area (Å²) in [6.07, 6.45) is 2.44. The third-order valence-corrected chi connectivity index (χ3v) is 3.91. The Morgan fingerprint density at radius 1 is 1.33 bits per heavy atom. The second kappa shape index (κ2) is 8.80. The quantitative estimate of drug-likeness (QED) is 0.745. The van der Waals surface area contributed by atoms with Crippen molar-refractivity contribution < 1.29 is 4.79 Å². The number of carbonyl (C=O) groups excluding carboxylic acids is 1. The van der Waals surface area contributed by atoms with Crippen molar-refractivity contribution in [2.75, 3.05) is 39.3 Å². The van der Waals surface area contributed by atoms with Gasteiger partial charge in [0.1, 0.15) is 0 Å². The van der Waals surface area contributed by atoms with Gasteiger partial charge in [-0.25, -0.2) is 0 Å². The molecule has 0 radical (unpaired) electrons. The van der Waals surface area contributed by atoms with E-state index in [1.807, 2.05) is 0 Å². The van der Waals surface area contributed by atoms with Crippen LogP contribution in [0.3, 0.4) is 0 Å². The van der Waals surface area contributed by atoms with E-state index in [-0.39, 0.29) is 5.91 Å². The maximum Gasteiger partial charge on any atom is 0.220 e. The van der Waals surface area contributed by atoms with E-state index in [9.17, 15) is 4.79 Å². The summed E-state index contributed by atoms with van der Waals surface area (Å²) in [7, 11) is 0. The lowest BCUT2D eigenvalue weighted by Crippen LogP contribution is -2.44. The normalized spacial score (nSPS) is 15.9. The summed E-state index contributed by atoms with van der Waals surface area (Å²) in [6, 6.07) is 8.37. The highest BCUT2D eigenvalue weighted by molar-refractivity contribution is 5.76. The Morgan fingerprint density at radius 3 is 2.90 bits per heavy atom. The van der Waals surface area contributed by atoms with E-state index < -0.39 is 0 Å². The number of aryl methyl sites for hydroxylation is 2. The topological polar surface area (TPSA) is 44.4 Å². The number of piperazine rings is 1. The zero-order chi connectivity index (χ0) is 14.9. The van der Waals surface area contributed by atoms with Gasteiger partial charge in [-0.15, -0.1) is 0 Å². The number of carbonyl (C=O) groups is 1. The highest BCUT2D eigenvalue weighted by Crippen LogP contribution is 2.06. The van der Waals surface area contributed by atoms with Crippen molar-refractivity contribution >= 4 is 5.91 Å². The maximum absolute atomic E-state index is 11.8. The van der Waals surface area contributed by atoms with Crippen LogP contribution in [0.5, 0.6) is 0 Å². The van der Waals surface area contributed by atoms with Gasteiger partial charge in [-0.3, -0.25) is 4.79 Å². The number of rotatable bonds is 7. The van der Waals surface area contributed by atoms with Crippen LogP contribution in [0.25, 0.3) is 0 Å². The van der Waals surface area contributed by atoms with Crippen LogP contribution >= 0.6 is 0 Å². The van der Waals surface area contributed by atoms with Gasteiger partial charge in [0, 0.05) is 39.1 Å². The first-order valence-corrected chi connectivity index (χ1v) is 7.99. The van der Waals surface area contributed by atoms with Crippen molar-refractivity contribution in [1.82, 2.24) is 15.5 Å². The Balaban J connectivity index is 1.55. The lowest BCUT2D eigenvalue weighted by atomic mass is 10.1. The summed E-state index contributed by atoms with van der Waals surface area (Å²) in [5.41, 5.74) is 2.50. The van der Waals surface area contributed by atoms with Crippen molar-refractivity contribution in [2.45, 2.75) is 26.2 Å². The van der Waals surface area contributed by atoms with Crippen LogP contribution in [0.4, 0.5) is 0 Å². The second-order valence-electron chi connectivity index (χ2n) is 5.78. The highest BCUT2D eigenvalue weighted by atomic mass is 16.1. The third-order valence-electron chi connectivity index (χ3n) is 3.91. The van der Waals surface area contributed by atoms with E-state index in [1.54, 1.807) is 0 Å². The standard InChI is InChI=1S/C17H27N3O/c1-15-4-2-5-16(14-15)6-7-17(21)19-8-3-11-20-12-9-18-10-13-20/h2,4-5,14,18H,3,6-13H2,1H3,(H,19,21). The zero-order valence-electron chi connectivity index (χ0n) is 13.0. The van der Waals surface area contributed by atoms with Crippen LogP contribution in [0.1, 0.15) is 24.0 Å². The van der Waals surface area contributed by atoms with Crippen LogP contribution in [-0.2, 0) is 11.2 Å². The Hall–Kier alpha value is -1.39. The van der Waals surface area contributed by atoms with Crippen LogP contribution in [0.2, 0.25) is 0 Å². The minimum Gasteiger partial charge on any atom is -0.356 e. The lowest BCUT2D eigenvalue weighted by molar-refractivity contribution is -0.121. The molecule has 1 heterocycles. The molecule has 1 aromatic carbocycles. The smallest absolute Gasteiger partial charge is 0.220 e. The fourth-order valence-electron chi connectivity index (χ4n) is 2.68. The molecule has 4 heteroatoms. The number of hydrogen-bond donors (Lipinski definition) is 2. The van der Waals surface area contributed by atoms with Crippen molar-refractivity contribution in [3.8, 4) is 0 Å². The minimum absolute atomic E-state index is 0.164. The van der Waals surface area contributed by atoms with Gasteiger partial charge in [0.15, 0.2) is 0 Å². The average Bonchev–Trinajstić information content (AvgIpc) is 2.51. The largest absolute Gasteiger partial charge is 0.356 e. The molecule has 0 unspecified atom stereocenters. The average molecular weight is 289 g/mol. The molecule has 0 spiro atoms. The first-order valence-electron chi connectivity index (χ1n) is 7.99. The zero-order valence-corrected chi connectivity index (χ0v) is 13.0. The first-order chi connectivity index (χ1) is 10.2. The SMILES string of the molecule is Cc1cccc(CCC(=O)NCCCN2CCNCC2)c1. The van der Waals surface area contributed by atoms with Gasteiger partial charge in [-0.05, 0) is 31.9 Å². The molecule has 1 amide bonds. The molecule has 21 heavy (non-hydrogen) atoms. The molecule has 0 bridgehead atoms. The van der Waals surface area contributed by atoms with E-state index in [0.29, 0.717) is 6.42 Å². The third kappa shape index (κ3) is 6.27. The van der Waals surface area contributed by atoms with Crippen molar-refractivity contribution in [3.05, 3.63) is 35.4 Å². The highest BCUT2D eigenvalue weighted by Gasteiger charge is 2.08. The van der Waals surface area contributed by atoms with E-state index in [2.05, 4.69) is 46.7 Å². The number of hydrogen-bond acceptors (Lipinski definition) is 3. The Labute approximate surface area is 127 Å². The van der Waals surface area contributed by atoms with E-state index in [4.69, 9.17) is 0 Å². The summed E-state index contributed by atoms with van der Waals surface area (Å²) in [6.45, 7) is 8.38. The van der Waals surface area contributed by atoms with Gasteiger partial charge in [0.05, 0.1) is 0 Å². The molecule has 0 aromatic heterocycles. The molecule has 0 atom stereocenters. The van der Waals surface area contributed by atoms with Gasteiger partial charge in [0.25, 0.3) is 0 Å². The lowest BCUT2D eigenvalue weighted by Gasteiger charge is -2.27. The van der Waals surface area contributed by atoms with E-state index in [0.717, 1.165) is 52.1 Å². The van der Waals surface area contributed by atoms with Crippen LogP contribution in [0, 0.1) is 6.92 Å². The number of benzene rings is 1. The predicted octanol–water partition coefficient (Wildman–Crippen LogP) is 1.34. The molecule has 1 fully saturated rings. The molecule has 0 aliphatic carbocycles. The first kappa shape index (κ1) is 16.0. The maximum atomic E-state index is 11.8. The molecule has 116 valence electrons. The molecule has 1 aliphatic rings. The summed E-state index contributed by atoms with van der Waals surface area (Å²) >= 11 is 0. The second-order valence-corrected chi connectivity index (χ2v) is 5.78. The monoisotopic (exact) mass is 289 g/mol. The minimum atomic E-state index is 0.164. The molecule has 2 N–H and O–H groups in total. The summed E-state index contributed by atoms with van der Waals surface area (Å²) in [5, 5.41) is 6.37. The molecule has 1 saturated heterocycles. The fourth-order valence-corrected chi connectivity index (χ4v) is 2.68. The molecule has 0 saturated carbocycles. The van der Waals surface area contributed by atoms with Crippen LogP contribution in [-0.4, -0.2) is 50.1 Å². The molecule has 2 rings (SSSR count). The number of nitrogens with zero attached hydrogens (tertiary/aromatic N) is 1.